The van der Waals surface area contributed by atoms with Gasteiger partial charge in [0.1, 0.15) is 11.3 Å². The van der Waals surface area contributed by atoms with E-state index in [1.54, 1.807) is 0 Å². The molecule has 0 saturated carbocycles. The number of nitro benzene ring substituents is 1. The predicted molar refractivity (Wildman–Crippen MR) is 96.3 cm³/mol. The van der Waals surface area contributed by atoms with Crippen LogP contribution in [0.3, 0.4) is 0 Å². The van der Waals surface area contributed by atoms with E-state index in [2.05, 4.69) is 5.10 Å². The van der Waals surface area contributed by atoms with Gasteiger partial charge < -0.3 is 18.6 Å². The van der Waals surface area contributed by atoms with Crippen LogP contribution >= 0.6 is 0 Å². The summed E-state index contributed by atoms with van der Waals surface area (Å²) in [5.74, 6) is -1.50. The van der Waals surface area contributed by atoms with E-state index < -0.39 is 37.3 Å². The topological polar surface area (TPSA) is 180 Å². The molecule has 0 spiro atoms. The highest BCUT2D eigenvalue weighted by Crippen LogP contribution is 2.46. The second kappa shape index (κ2) is 8.57. The molecule has 1 heterocycles. The zero-order valence-electron chi connectivity index (χ0n) is 15.2. The first-order valence-corrected chi connectivity index (χ1v) is 8.96. The van der Waals surface area contributed by atoms with Gasteiger partial charge in [-0.15, -0.1) is 0 Å². The van der Waals surface area contributed by atoms with Crippen LogP contribution < -0.4 is 19.6 Å². The molecule has 1 aromatic carbocycles. The van der Waals surface area contributed by atoms with E-state index in [0.29, 0.717) is 0 Å². The summed E-state index contributed by atoms with van der Waals surface area (Å²) < 4.78 is 50.7. The first-order valence-electron chi connectivity index (χ1n) is 7.52. The summed E-state index contributed by atoms with van der Waals surface area (Å²) in [6, 6.07) is 3.22. The first-order chi connectivity index (χ1) is 13.6. The molecule has 0 radical (unpaired) electrons. The Balaban J connectivity index is 2.37. The molecule has 13 nitrogen and oxygen atoms in total. The quantitative estimate of drug-likeness (QED) is 0.268. The summed E-state index contributed by atoms with van der Waals surface area (Å²) in [7, 11) is -0.854. The van der Waals surface area contributed by atoms with E-state index in [-0.39, 0.29) is 23.0 Å². The minimum atomic E-state index is -4.53. The highest BCUT2D eigenvalue weighted by atomic mass is 32.2. The van der Waals surface area contributed by atoms with E-state index in [1.807, 2.05) is 5.43 Å². The van der Waals surface area contributed by atoms with Crippen LogP contribution in [0.2, 0.25) is 0 Å². The number of hydrazone groups is 1. The van der Waals surface area contributed by atoms with Crippen LogP contribution in [-0.4, -0.2) is 51.3 Å². The molecule has 0 aliphatic carbocycles. The van der Waals surface area contributed by atoms with Gasteiger partial charge in [-0.2, -0.15) is 13.5 Å². The lowest BCUT2D eigenvalue weighted by Gasteiger charge is -2.14. The van der Waals surface area contributed by atoms with Crippen molar-refractivity contribution < 1.29 is 41.3 Å². The van der Waals surface area contributed by atoms with Gasteiger partial charge in [-0.05, 0) is 12.1 Å². The Bertz CT molecular complexity index is 1070. The number of ether oxygens (including phenoxy) is 3. The van der Waals surface area contributed by atoms with E-state index in [4.69, 9.17) is 23.2 Å². The Morgan fingerprint density at radius 1 is 1.24 bits per heavy atom. The normalized spacial score (nSPS) is 11.3. The Morgan fingerprint density at radius 3 is 2.38 bits per heavy atom. The van der Waals surface area contributed by atoms with Gasteiger partial charge in [0.25, 0.3) is 5.91 Å². The Hall–Kier alpha value is -3.65. The molecule has 156 valence electrons. The molecule has 0 saturated heterocycles. The third-order valence-electron chi connectivity index (χ3n) is 3.45. The third-order valence-corrected chi connectivity index (χ3v) is 4.17. The van der Waals surface area contributed by atoms with Crippen molar-refractivity contribution in [2.75, 3.05) is 21.3 Å². The van der Waals surface area contributed by atoms with Crippen molar-refractivity contribution in [1.82, 2.24) is 5.43 Å². The molecule has 2 aromatic rings. The number of amides is 1. The lowest BCUT2D eigenvalue weighted by atomic mass is 10.1. The Labute approximate surface area is 163 Å². The summed E-state index contributed by atoms with van der Waals surface area (Å²) in [6.07, 6.45) is 0.927. The van der Waals surface area contributed by atoms with Gasteiger partial charge in [-0.3, -0.25) is 19.5 Å². The van der Waals surface area contributed by atoms with Crippen LogP contribution in [0.1, 0.15) is 16.1 Å². The van der Waals surface area contributed by atoms with Crippen LogP contribution in [0.5, 0.6) is 17.2 Å². The van der Waals surface area contributed by atoms with Crippen molar-refractivity contribution in [3.63, 3.8) is 0 Å². The van der Waals surface area contributed by atoms with Gasteiger partial charge in [0.05, 0.1) is 32.5 Å². The number of carbonyl (C=O) groups excluding carboxylic acids is 1. The molecule has 0 unspecified atom stereocenters. The SMILES string of the molecule is COc1cc(C(=O)N/N=C/c2ccc(S(=O)(=O)O)o2)c([N+](=O)[O-])c(OC)c1OC. The molecule has 14 heteroatoms. The summed E-state index contributed by atoms with van der Waals surface area (Å²) in [5, 5.41) is 14.3. The summed E-state index contributed by atoms with van der Waals surface area (Å²) in [4.78, 5) is 23.1. The van der Waals surface area contributed by atoms with Crippen LogP contribution in [0.4, 0.5) is 5.69 Å². The number of nitrogens with zero attached hydrogens (tertiary/aromatic N) is 2. The number of methoxy groups -OCH3 is 3. The molecule has 2 N–H and O–H groups in total. The molecule has 0 aliphatic heterocycles. The van der Waals surface area contributed by atoms with Crippen molar-refractivity contribution in [3.8, 4) is 17.2 Å². The fourth-order valence-electron chi connectivity index (χ4n) is 2.25. The average molecular weight is 429 g/mol. The number of furan rings is 1. The van der Waals surface area contributed by atoms with Gasteiger partial charge in [0.15, 0.2) is 5.75 Å². The van der Waals surface area contributed by atoms with Crippen LogP contribution in [0.25, 0.3) is 0 Å². The molecule has 29 heavy (non-hydrogen) atoms. The second-order valence-corrected chi connectivity index (χ2v) is 6.48. The van der Waals surface area contributed by atoms with Crippen molar-refractivity contribution in [2.45, 2.75) is 5.09 Å². The number of nitrogens with one attached hydrogen (secondary N) is 1. The fourth-order valence-corrected chi connectivity index (χ4v) is 2.69. The van der Waals surface area contributed by atoms with Gasteiger partial charge in [0.2, 0.25) is 16.6 Å². The maximum absolute atomic E-state index is 12.4. The van der Waals surface area contributed by atoms with Gasteiger partial charge >= 0.3 is 15.8 Å². The highest BCUT2D eigenvalue weighted by molar-refractivity contribution is 7.85. The average Bonchev–Trinajstić information content (AvgIpc) is 3.15. The third kappa shape index (κ3) is 4.61. The molecule has 0 bridgehead atoms. The zero-order valence-corrected chi connectivity index (χ0v) is 16.1. The minimum Gasteiger partial charge on any atom is -0.493 e. The van der Waals surface area contributed by atoms with Crippen LogP contribution in [0.15, 0.2) is 32.8 Å². The highest BCUT2D eigenvalue weighted by Gasteiger charge is 2.32. The minimum absolute atomic E-state index is 0.00732. The summed E-state index contributed by atoms with van der Waals surface area (Å²) >= 11 is 0. The lowest BCUT2D eigenvalue weighted by Crippen LogP contribution is -2.19. The molecule has 0 aliphatic rings. The number of carbonyl (C=O) groups is 1. The number of nitro groups is 1. The molecular weight excluding hydrogens is 414 g/mol. The number of hydrogen-bond donors (Lipinski definition) is 2. The monoisotopic (exact) mass is 429 g/mol. The second-order valence-electron chi connectivity index (χ2n) is 5.13. The Morgan fingerprint density at radius 2 is 1.90 bits per heavy atom. The Kier molecular flexibility index (Phi) is 6.40. The standard InChI is InChI=1S/C15H15N3O10S/c1-25-10-6-9(12(18(20)21)14(27-3)13(10)26-2)15(19)17-16-7-8-4-5-11(28-8)29(22,23)24/h4-7H,1-3H3,(H,17,19)(H,22,23,24)/b16-7+. The summed E-state index contributed by atoms with van der Waals surface area (Å²) in [6.45, 7) is 0. The van der Waals surface area contributed by atoms with E-state index in [0.717, 1.165) is 25.5 Å². The summed E-state index contributed by atoms with van der Waals surface area (Å²) in [5.41, 5.74) is 0.926. The van der Waals surface area contributed by atoms with Gasteiger partial charge in [0, 0.05) is 6.07 Å². The molecule has 1 amide bonds. The van der Waals surface area contributed by atoms with E-state index >= 15 is 0 Å². The molecular formula is C15H15N3O10S. The zero-order chi connectivity index (χ0) is 21.8. The van der Waals surface area contributed by atoms with Crippen LogP contribution in [-0.2, 0) is 10.1 Å². The predicted octanol–water partition coefficient (Wildman–Crippen LogP) is 1.22. The van der Waals surface area contributed by atoms with Crippen LogP contribution in [0, 0.1) is 10.1 Å². The molecule has 0 fully saturated rings. The smallest absolute Gasteiger partial charge is 0.328 e. The van der Waals surface area contributed by atoms with Crippen molar-refractivity contribution in [1.29, 1.82) is 0 Å². The van der Waals surface area contributed by atoms with Crippen molar-refractivity contribution in [3.05, 3.63) is 39.6 Å². The van der Waals surface area contributed by atoms with Gasteiger partial charge in [-0.25, -0.2) is 5.43 Å². The number of benzene rings is 1. The van der Waals surface area contributed by atoms with E-state index in [1.165, 1.54) is 20.3 Å². The fraction of sp³-hybridized carbons (Fsp3) is 0.200. The largest absolute Gasteiger partial charge is 0.493 e. The maximum atomic E-state index is 12.4. The van der Waals surface area contributed by atoms with Crippen molar-refractivity contribution >= 4 is 27.9 Å². The number of rotatable bonds is 8. The molecule has 2 rings (SSSR count). The van der Waals surface area contributed by atoms with E-state index in [9.17, 15) is 23.3 Å². The maximum Gasteiger partial charge on any atom is 0.328 e. The van der Waals surface area contributed by atoms with Crippen molar-refractivity contribution in [2.24, 2.45) is 5.10 Å². The molecule has 0 atom stereocenters. The molecule has 1 aromatic heterocycles. The van der Waals surface area contributed by atoms with Gasteiger partial charge in [-0.1, -0.05) is 0 Å². The first kappa shape index (κ1) is 21.6. The lowest BCUT2D eigenvalue weighted by molar-refractivity contribution is -0.386. The number of hydrogen-bond acceptors (Lipinski definition) is 10.